The van der Waals surface area contributed by atoms with Gasteiger partial charge in [0.1, 0.15) is 17.2 Å². The van der Waals surface area contributed by atoms with Crippen molar-refractivity contribution in [2.24, 2.45) is 0 Å². The molecule has 0 bridgehead atoms. The van der Waals surface area contributed by atoms with Crippen LogP contribution in [0.3, 0.4) is 0 Å². The summed E-state index contributed by atoms with van der Waals surface area (Å²) in [5.41, 5.74) is 3.64. The van der Waals surface area contributed by atoms with Gasteiger partial charge in [-0.1, -0.05) is 37.1 Å². The smallest absolute Gasteiger partial charge is 0.128 e. The summed E-state index contributed by atoms with van der Waals surface area (Å²) in [6, 6.07) is 21.1. The van der Waals surface area contributed by atoms with E-state index >= 15 is 0 Å². The van der Waals surface area contributed by atoms with Crippen LogP contribution >= 0.6 is 11.6 Å². The highest BCUT2D eigenvalue weighted by molar-refractivity contribution is 6.30. The van der Waals surface area contributed by atoms with Gasteiger partial charge in [-0.2, -0.15) is 0 Å². The maximum Gasteiger partial charge on any atom is 0.128 e. The van der Waals surface area contributed by atoms with Gasteiger partial charge in [-0.25, -0.2) is 0 Å². The fourth-order valence-electron chi connectivity index (χ4n) is 3.54. The first-order chi connectivity index (χ1) is 14.1. The fourth-order valence-corrected chi connectivity index (χ4v) is 3.67. The Kier molecular flexibility index (Phi) is 5.77. The number of unbranched alkanes of at least 4 members (excludes halogenated alkanes) is 1. The van der Waals surface area contributed by atoms with Gasteiger partial charge in [0, 0.05) is 28.7 Å². The Labute approximate surface area is 176 Å². The molecular formula is C25H24ClNO2. The van der Waals surface area contributed by atoms with Gasteiger partial charge in [0.2, 0.25) is 0 Å². The molecule has 3 aromatic carbocycles. The second-order valence-corrected chi connectivity index (χ2v) is 7.72. The Morgan fingerprint density at radius 3 is 2.38 bits per heavy atom. The van der Waals surface area contributed by atoms with Gasteiger partial charge in [0.15, 0.2) is 0 Å². The minimum atomic E-state index is 0.290. The number of hydrogen-bond acceptors (Lipinski definition) is 2. The van der Waals surface area contributed by atoms with Gasteiger partial charge in [0.05, 0.1) is 0 Å². The zero-order valence-corrected chi connectivity index (χ0v) is 17.2. The summed E-state index contributed by atoms with van der Waals surface area (Å²) in [6.45, 7) is 3.21. The molecule has 0 saturated carbocycles. The monoisotopic (exact) mass is 405 g/mol. The Balaban J connectivity index is 1.69. The zero-order chi connectivity index (χ0) is 20.2. The summed E-state index contributed by atoms with van der Waals surface area (Å²) in [6.07, 6.45) is 5.36. The summed E-state index contributed by atoms with van der Waals surface area (Å²) < 4.78 is 8.39. The average molecular weight is 406 g/mol. The minimum absolute atomic E-state index is 0.290. The van der Waals surface area contributed by atoms with Crippen LogP contribution in [0.4, 0.5) is 0 Å². The second-order valence-electron chi connectivity index (χ2n) is 7.28. The molecule has 0 spiro atoms. The Bertz CT molecular complexity index is 1100. The summed E-state index contributed by atoms with van der Waals surface area (Å²) in [5.74, 6) is 1.86. The first-order valence-electron chi connectivity index (χ1n) is 9.95. The number of halogens is 1. The summed E-state index contributed by atoms with van der Waals surface area (Å²) in [4.78, 5) is 0. The van der Waals surface area contributed by atoms with Crippen molar-refractivity contribution in [2.45, 2.75) is 32.7 Å². The Morgan fingerprint density at radius 1 is 0.931 bits per heavy atom. The van der Waals surface area contributed by atoms with Crippen molar-refractivity contribution in [1.29, 1.82) is 0 Å². The number of phenolic OH excluding ortho intramolecular Hbond substituents is 1. The number of ether oxygens (including phenoxy) is 1. The van der Waals surface area contributed by atoms with Crippen LogP contribution in [0, 0.1) is 0 Å². The highest BCUT2D eigenvalue weighted by Gasteiger charge is 2.11. The normalized spacial score (nSPS) is 11.1. The molecule has 4 rings (SSSR count). The number of phenols is 1. The van der Waals surface area contributed by atoms with Crippen LogP contribution < -0.4 is 4.74 Å². The molecular weight excluding hydrogens is 382 g/mol. The molecule has 148 valence electrons. The van der Waals surface area contributed by atoms with Crippen molar-refractivity contribution in [2.75, 3.05) is 0 Å². The van der Waals surface area contributed by atoms with Crippen molar-refractivity contribution in [3.63, 3.8) is 0 Å². The van der Waals surface area contributed by atoms with E-state index in [1.54, 1.807) is 12.1 Å². The Hall–Kier alpha value is -2.91. The van der Waals surface area contributed by atoms with Crippen LogP contribution in [0.1, 0.15) is 30.9 Å². The summed E-state index contributed by atoms with van der Waals surface area (Å²) in [5, 5.41) is 11.4. The maximum atomic E-state index is 9.56. The number of rotatable bonds is 7. The molecule has 4 heteroatoms. The lowest BCUT2D eigenvalue weighted by Crippen LogP contribution is -1.95. The molecule has 0 aliphatic rings. The van der Waals surface area contributed by atoms with E-state index in [1.807, 2.05) is 42.5 Å². The maximum absolute atomic E-state index is 9.56. The molecule has 0 aliphatic carbocycles. The predicted octanol–water partition coefficient (Wildman–Crippen LogP) is 7.18. The predicted molar refractivity (Wildman–Crippen MR) is 119 cm³/mol. The van der Waals surface area contributed by atoms with Gasteiger partial charge in [-0.05, 0) is 78.6 Å². The molecule has 0 saturated heterocycles. The van der Waals surface area contributed by atoms with Crippen LogP contribution in [-0.4, -0.2) is 9.67 Å². The van der Waals surface area contributed by atoms with Gasteiger partial charge in [-0.15, -0.1) is 0 Å². The van der Waals surface area contributed by atoms with E-state index in [1.165, 1.54) is 22.0 Å². The van der Waals surface area contributed by atoms with E-state index in [4.69, 9.17) is 16.3 Å². The third-order valence-corrected chi connectivity index (χ3v) is 5.32. The van der Waals surface area contributed by atoms with Crippen LogP contribution in [0.15, 0.2) is 72.9 Å². The van der Waals surface area contributed by atoms with Crippen molar-refractivity contribution in [3.8, 4) is 17.2 Å². The molecule has 4 aromatic rings. The molecule has 29 heavy (non-hydrogen) atoms. The van der Waals surface area contributed by atoms with Crippen LogP contribution in [0.25, 0.3) is 10.9 Å². The number of fused-ring (bicyclic) bond motifs is 1. The number of benzene rings is 3. The molecule has 0 amide bonds. The summed E-state index contributed by atoms with van der Waals surface area (Å²) >= 11 is 5.97. The van der Waals surface area contributed by atoms with E-state index in [0.29, 0.717) is 5.02 Å². The van der Waals surface area contributed by atoms with E-state index in [9.17, 15) is 5.11 Å². The third-order valence-electron chi connectivity index (χ3n) is 5.07. The van der Waals surface area contributed by atoms with Crippen LogP contribution in [-0.2, 0) is 13.0 Å². The van der Waals surface area contributed by atoms with Crippen molar-refractivity contribution in [3.05, 3.63) is 89.1 Å². The van der Waals surface area contributed by atoms with Crippen LogP contribution in [0.5, 0.6) is 17.2 Å². The van der Waals surface area contributed by atoms with Crippen LogP contribution in [0.2, 0.25) is 5.02 Å². The largest absolute Gasteiger partial charge is 0.508 e. The molecule has 1 heterocycles. The number of aromatic nitrogens is 1. The van der Waals surface area contributed by atoms with Gasteiger partial charge in [0.25, 0.3) is 0 Å². The van der Waals surface area contributed by atoms with Crippen molar-refractivity contribution < 1.29 is 9.84 Å². The highest BCUT2D eigenvalue weighted by atomic mass is 35.5. The van der Waals surface area contributed by atoms with E-state index in [0.717, 1.165) is 37.3 Å². The highest BCUT2D eigenvalue weighted by Crippen LogP contribution is 2.31. The molecule has 3 nitrogen and oxygen atoms in total. The average Bonchev–Trinajstić information content (AvgIpc) is 3.06. The first-order valence-corrected chi connectivity index (χ1v) is 10.3. The van der Waals surface area contributed by atoms with E-state index < -0.39 is 0 Å². The third kappa shape index (κ3) is 4.57. The number of hydrogen-bond donors (Lipinski definition) is 1. The lowest BCUT2D eigenvalue weighted by atomic mass is 10.0. The number of aromatic hydroxyl groups is 1. The zero-order valence-electron chi connectivity index (χ0n) is 16.4. The topological polar surface area (TPSA) is 34.4 Å². The van der Waals surface area contributed by atoms with Gasteiger partial charge < -0.3 is 14.4 Å². The quantitative estimate of drug-likeness (QED) is 0.353. The van der Waals surface area contributed by atoms with Crippen molar-refractivity contribution in [1.82, 2.24) is 4.57 Å². The molecule has 0 atom stereocenters. The van der Waals surface area contributed by atoms with E-state index in [-0.39, 0.29) is 5.75 Å². The molecule has 0 aliphatic heterocycles. The molecule has 0 fully saturated rings. The number of aryl methyl sites for hydroxylation is 1. The molecule has 1 N–H and O–H groups in total. The standard InChI is InChI=1S/C25H24ClNO2/c1-2-3-14-27-17-19(15-18-4-8-21(28)9-5-18)24-16-23(12-13-25(24)27)29-22-10-6-20(26)7-11-22/h4-13,16-17,28H,2-3,14-15H2,1H3. The Morgan fingerprint density at radius 2 is 1.66 bits per heavy atom. The number of nitrogens with zero attached hydrogens (tertiary/aromatic N) is 1. The second kappa shape index (κ2) is 8.62. The SMILES string of the molecule is CCCCn1cc(Cc2ccc(O)cc2)c2cc(Oc3ccc(Cl)cc3)ccc21. The lowest BCUT2D eigenvalue weighted by Gasteiger charge is -2.08. The van der Waals surface area contributed by atoms with Crippen molar-refractivity contribution >= 4 is 22.5 Å². The van der Waals surface area contributed by atoms with Gasteiger partial charge >= 0.3 is 0 Å². The molecule has 0 unspecified atom stereocenters. The van der Waals surface area contributed by atoms with Gasteiger partial charge in [-0.3, -0.25) is 0 Å². The molecule has 0 radical (unpaired) electrons. The molecule has 1 aromatic heterocycles. The minimum Gasteiger partial charge on any atom is -0.508 e. The van der Waals surface area contributed by atoms with E-state index in [2.05, 4.69) is 29.8 Å². The lowest BCUT2D eigenvalue weighted by molar-refractivity contribution is 0.475. The summed E-state index contributed by atoms with van der Waals surface area (Å²) in [7, 11) is 0. The first kappa shape index (κ1) is 19.4. The fraction of sp³-hybridized carbons (Fsp3) is 0.200.